The molecule has 0 aromatic heterocycles. The van der Waals surface area contributed by atoms with Gasteiger partial charge in [-0.1, -0.05) is 24.3 Å². The Morgan fingerprint density at radius 3 is 3.07 bits per heavy atom. The van der Waals surface area contributed by atoms with Crippen molar-refractivity contribution in [1.29, 1.82) is 0 Å². The van der Waals surface area contributed by atoms with Gasteiger partial charge in [0.2, 0.25) is 0 Å². The lowest BCUT2D eigenvalue weighted by Gasteiger charge is -2.15. The van der Waals surface area contributed by atoms with Gasteiger partial charge < -0.3 is 10.4 Å². The van der Waals surface area contributed by atoms with Crippen LogP contribution in [0, 0.1) is 0 Å². The Balaban J connectivity index is 2.03. The Bertz CT molecular complexity index is 309. The molecule has 0 saturated heterocycles. The SMILES string of the molecule is C[C@H](O)CN[C@H]1CCc2ccccc21. The summed E-state index contributed by atoms with van der Waals surface area (Å²) in [6, 6.07) is 9.00. The summed E-state index contributed by atoms with van der Waals surface area (Å²) in [5.41, 5.74) is 2.86. The molecule has 0 heterocycles. The van der Waals surface area contributed by atoms with Crippen molar-refractivity contribution in [1.82, 2.24) is 5.32 Å². The molecule has 1 aliphatic carbocycles. The van der Waals surface area contributed by atoms with Gasteiger partial charge in [-0.3, -0.25) is 0 Å². The Morgan fingerprint density at radius 1 is 1.50 bits per heavy atom. The van der Waals surface area contributed by atoms with E-state index < -0.39 is 0 Å². The van der Waals surface area contributed by atoms with Gasteiger partial charge in [-0.05, 0) is 30.9 Å². The van der Waals surface area contributed by atoms with Crippen molar-refractivity contribution >= 4 is 0 Å². The normalized spacial score (nSPS) is 22.0. The second-order valence-corrected chi connectivity index (χ2v) is 4.05. The fraction of sp³-hybridized carbons (Fsp3) is 0.500. The van der Waals surface area contributed by atoms with Crippen LogP contribution in [0.15, 0.2) is 24.3 Å². The maximum absolute atomic E-state index is 9.20. The number of benzene rings is 1. The van der Waals surface area contributed by atoms with Crippen LogP contribution in [0.3, 0.4) is 0 Å². The molecule has 14 heavy (non-hydrogen) atoms. The van der Waals surface area contributed by atoms with Crippen molar-refractivity contribution in [3.05, 3.63) is 35.4 Å². The zero-order valence-electron chi connectivity index (χ0n) is 8.53. The van der Waals surface area contributed by atoms with E-state index in [1.807, 2.05) is 6.92 Å². The molecular weight excluding hydrogens is 174 g/mol. The summed E-state index contributed by atoms with van der Waals surface area (Å²) >= 11 is 0. The standard InChI is InChI=1S/C12H17NO/c1-9(14)8-13-12-7-6-10-4-2-3-5-11(10)12/h2-5,9,12-14H,6-8H2,1H3/t9-,12-/m0/s1. The smallest absolute Gasteiger partial charge is 0.0636 e. The lowest BCUT2D eigenvalue weighted by molar-refractivity contribution is 0.186. The molecule has 0 aliphatic heterocycles. The van der Waals surface area contributed by atoms with Crippen molar-refractivity contribution in [2.45, 2.75) is 31.9 Å². The van der Waals surface area contributed by atoms with Crippen LogP contribution >= 0.6 is 0 Å². The molecule has 0 amide bonds. The van der Waals surface area contributed by atoms with E-state index in [-0.39, 0.29) is 6.10 Å². The molecule has 1 aliphatic rings. The average Bonchev–Trinajstić information content (AvgIpc) is 2.58. The molecule has 2 N–H and O–H groups in total. The first-order valence-electron chi connectivity index (χ1n) is 5.26. The molecule has 0 saturated carbocycles. The minimum atomic E-state index is -0.261. The second-order valence-electron chi connectivity index (χ2n) is 4.05. The van der Waals surface area contributed by atoms with Crippen molar-refractivity contribution in [3.8, 4) is 0 Å². The van der Waals surface area contributed by atoms with Gasteiger partial charge in [0.15, 0.2) is 0 Å². The molecule has 0 bridgehead atoms. The number of rotatable bonds is 3. The summed E-state index contributed by atoms with van der Waals surface area (Å²) in [5.74, 6) is 0. The number of hydrogen-bond donors (Lipinski definition) is 2. The van der Waals surface area contributed by atoms with Gasteiger partial charge in [0, 0.05) is 12.6 Å². The molecule has 0 unspecified atom stereocenters. The van der Waals surface area contributed by atoms with Crippen LogP contribution in [-0.4, -0.2) is 17.8 Å². The quantitative estimate of drug-likeness (QED) is 0.761. The minimum Gasteiger partial charge on any atom is -0.392 e. The average molecular weight is 191 g/mol. The van der Waals surface area contributed by atoms with Crippen LogP contribution < -0.4 is 5.32 Å². The van der Waals surface area contributed by atoms with Gasteiger partial charge in [-0.25, -0.2) is 0 Å². The fourth-order valence-corrected chi connectivity index (χ4v) is 2.08. The highest BCUT2D eigenvalue weighted by Gasteiger charge is 2.21. The Labute approximate surface area is 85.0 Å². The topological polar surface area (TPSA) is 32.3 Å². The van der Waals surface area contributed by atoms with E-state index in [1.54, 1.807) is 0 Å². The Kier molecular flexibility index (Phi) is 2.85. The monoisotopic (exact) mass is 191 g/mol. The van der Waals surface area contributed by atoms with Gasteiger partial charge in [0.05, 0.1) is 6.10 Å². The summed E-state index contributed by atoms with van der Waals surface area (Å²) in [4.78, 5) is 0. The van der Waals surface area contributed by atoms with Crippen LogP contribution in [-0.2, 0) is 6.42 Å². The first kappa shape index (κ1) is 9.69. The number of hydrogen-bond acceptors (Lipinski definition) is 2. The molecular formula is C12H17NO. The van der Waals surface area contributed by atoms with Crippen LogP contribution in [0.2, 0.25) is 0 Å². The number of aliphatic hydroxyl groups is 1. The summed E-state index contributed by atoms with van der Waals surface area (Å²) in [6.45, 7) is 2.49. The fourth-order valence-electron chi connectivity index (χ4n) is 2.08. The van der Waals surface area contributed by atoms with E-state index in [0.717, 1.165) is 12.8 Å². The van der Waals surface area contributed by atoms with Gasteiger partial charge in [-0.15, -0.1) is 0 Å². The van der Waals surface area contributed by atoms with E-state index in [0.29, 0.717) is 12.6 Å². The van der Waals surface area contributed by atoms with E-state index in [1.165, 1.54) is 11.1 Å². The summed E-state index contributed by atoms with van der Waals surface area (Å²) in [5, 5.41) is 12.6. The highest BCUT2D eigenvalue weighted by Crippen LogP contribution is 2.30. The third-order valence-corrected chi connectivity index (χ3v) is 2.79. The van der Waals surface area contributed by atoms with Crippen LogP contribution in [0.5, 0.6) is 0 Å². The molecule has 76 valence electrons. The number of aryl methyl sites for hydroxylation is 1. The maximum Gasteiger partial charge on any atom is 0.0636 e. The first-order valence-corrected chi connectivity index (χ1v) is 5.26. The molecule has 0 radical (unpaired) electrons. The molecule has 0 spiro atoms. The third-order valence-electron chi connectivity index (χ3n) is 2.79. The van der Waals surface area contributed by atoms with Crippen molar-refractivity contribution in [2.75, 3.05) is 6.54 Å². The number of fused-ring (bicyclic) bond motifs is 1. The van der Waals surface area contributed by atoms with E-state index in [2.05, 4.69) is 29.6 Å². The van der Waals surface area contributed by atoms with Crippen LogP contribution in [0.4, 0.5) is 0 Å². The Hall–Kier alpha value is -0.860. The van der Waals surface area contributed by atoms with Gasteiger partial charge in [-0.2, -0.15) is 0 Å². The molecule has 1 aromatic rings. The number of aliphatic hydroxyl groups excluding tert-OH is 1. The molecule has 2 nitrogen and oxygen atoms in total. The predicted octanol–water partition coefficient (Wildman–Crippen LogP) is 1.64. The zero-order chi connectivity index (χ0) is 9.97. The van der Waals surface area contributed by atoms with Crippen LogP contribution in [0.1, 0.15) is 30.5 Å². The zero-order valence-corrected chi connectivity index (χ0v) is 8.53. The molecule has 2 rings (SSSR count). The van der Waals surface area contributed by atoms with E-state index in [4.69, 9.17) is 0 Å². The van der Waals surface area contributed by atoms with E-state index in [9.17, 15) is 5.11 Å². The lowest BCUT2D eigenvalue weighted by Crippen LogP contribution is -2.27. The van der Waals surface area contributed by atoms with Crippen molar-refractivity contribution in [3.63, 3.8) is 0 Å². The molecule has 1 aromatic carbocycles. The third kappa shape index (κ3) is 1.97. The summed E-state index contributed by atoms with van der Waals surface area (Å²) < 4.78 is 0. The highest BCUT2D eigenvalue weighted by atomic mass is 16.3. The van der Waals surface area contributed by atoms with Gasteiger partial charge in [0.1, 0.15) is 0 Å². The minimum absolute atomic E-state index is 0.261. The number of nitrogens with one attached hydrogen (secondary N) is 1. The van der Waals surface area contributed by atoms with Crippen molar-refractivity contribution < 1.29 is 5.11 Å². The Morgan fingerprint density at radius 2 is 2.29 bits per heavy atom. The lowest BCUT2D eigenvalue weighted by atomic mass is 10.1. The highest BCUT2D eigenvalue weighted by molar-refractivity contribution is 5.34. The summed E-state index contributed by atoms with van der Waals surface area (Å²) in [6.07, 6.45) is 2.06. The first-order chi connectivity index (χ1) is 6.77. The second kappa shape index (κ2) is 4.11. The van der Waals surface area contributed by atoms with Crippen LogP contribution in [0.25, 0.3) is 0 Å². The summed E-state index contributed by atoms with van der Waals surface area (Å²) in [7, 11) is 0. The van der Waals surface area contributed by atoms with Gasteiger partial charge in [0.25, 0.3) is 0 Å². The predicted molar refractivity (Wildman–Crippen MR) is 57.2 cm³/mol. The maximum atomic E-state index is 9.20. The molecule has 2 heteroatoms. The van der Waals surface area contributed by atoms with E-state index >= 15 is 0 Å². The van der Waals surface area contributed by atoms with Gasteiger partial charge >= 0.3 is 0 Å². The largest absolute Gasteiger partial charge is 0.392 e. The van der Waals surface area contributed by atoms with Crippen molar-refractivity contribution in [2.24, 2.45) is 0 Å². The molecule has 2 atom stereocenters. The molecule has 0 fully saturated rings.